The van der Waals surface area contributed by atoms with Crippen molar-refractivity contribution in [1.29, 1.82) is 0 Å². The summed E-state index contributed by atoms with van der Waals surface area (Å²) in [7, 11) is -3.76. The van der Waals surface area contributed by atoms with Crippen LogP contribution in [0.4, 0.5) is 5.69 Å². The van der Waals surface area contributed by atoms with Crippen LogP contribution in [0.5, 0.6) is 0 Å². The Morgan fingerprint density at radius 1 is 1.09 bits per heavy atom. The van der Waals surface area contributed by atoms with E-state index in [0.29, 0.717) is 12.1 Å². The highest BCUT2D eigenvalue weighted by Crippen LogP contribution is 2.21. The van der Waals surface area contributed by atoms with E-state index < -0.39 is 10.0 Å². The molecule has 0 unspecified atom stereocenters. The number of nitrogens with one attached hydrogen (secondary N) is 2. The van der Waals surface area contributed by atoms with Crippen LogP contribution in [0, 0.1) is 0 Å². The molecule has 2 aromatic rings. The molecule has 0 aliphatic heterocycles. The summed E-state index contributed by atoms with van der Waals surface area (Å²) in [6, 6.07) is 12.8. The number of hydrogen-bond acceptors (Lipinski definition) is 3. The number of amides is 1. The third-order valence-electron chi connectivity index (χ3n) is 3.08. The van der Waals surface area contributed by atoms with Gasteiger partial charge in [0.25, 0.3) is 15.9 Å². The van der Waals surface area contributed by atoms with Gasteiger partial charge in [-0.25, -0.2) is 8.42 Å². The van der Waals surface area contributed by atoms with Gasteiger partial charge in [0, 0.05) is 11.0 Å². The average Bonchev–Trinajstić information content (AvgIpc) is 2.53. The maximum Gasteiger partial charge on any atom is 0.261 e. The predicted octanol–water partition coefficient (Wildman–Crippen LogP) is 3.39. The Hall–Kier alpha value is -1.86. The molecule has 2 rings (SSSR count). The van der Waals surface area contributed by atoms with E-state index in [1.165, 1.54) is 12.1 Å². The van der Waals surface area contributed by atoms with Gasteiger partial charge in [0.1, 0.15) is 0 Å². The first-order valence-electron chi connectivity index (χ1n) is 7.09. The highest BCUT2D eigenvalue weighted by Gasteiger charge is 2.18. The lowest BCUT2D eigenvalue weighted by Crippen LogP contribution is -2.25. The van der Waals surface area contributed by atoms with Crippen molar-refractivity contribution in [2.45, 2.75) is 18.2 Å². The van der Waals surface area contributed by atoms with Crippen LogP contribution in [0.15, 0.2) is 57.9 Å². The molecule has 0 spiro atoms. The zero-order valence-corrected chi connectivity index (χ0v) is 14.9. The highest BCUT2D eigenvalue weighted by molar-refractivity contribution is 9.10. The third kappa shape index (κ3) is 4.56. The van der Waals surface area contributed by atoms with Crippen molar-refractivity contribution >= 4 is 37.5 Å². The molecule has 1 amide bonds. The first kappa shape index (κ1) is 17.5. The molecule has 0 aliphatic carbocycles. The zero-order chi connectivity index (χ0) is 16.9. The fourth-order valence-electron chi connectivity index (χ4n) is 1.92. The lowest BCUT2D eigenvalue weighted by Gasteiger charge is -2.12. The van der Waals surface area contributed by atoms with E-state index in [-0.39, 0.29) is 16.5 Å². The van der Waals surface area contributed by atoms with Crippen molar-refractivity contribution < 1.29 is 13.2 Å². The van der Waals surface area contributed by atoms with Gasteiger partial charge in [-0.2, -0.15) is 0 Å². The fourth-order valence-corrected chi connectivity index (χ4v) is 3.27. The smallest absolute Gasteiger partial charge is 0.261 e. The number of carbonyl (C=O) groups is 1. The number of rotatable bonds is 6. The zero-order valence-electron chi connectivity index (χ0n) is 12.5. The summed E-state index contributed by atoms with van der Waals surface area (Å²) in [6.07, 6.45) is 0.804. The summed E-state index contributed by atoms with van der Waals surface area (Å²) in [6.45, 7) is 2.48. The largest absolute Gasteiger partial charge is 0.352 e. The Bertz CT molecular complexity index is 789. The molecule has 0 aliphatic rings. The van der Waals surface area contributed by atoms with Crippen molar-refractivity contribution in [3.63, 3.8) is 0 Å². The van der Waals surface area contributed by atoms with Gasteiger partial charge in [-0.05, 0) is 42.8 Å². The molecule has 0 aromatic heterocycles. The average molecular weight is 397 g/mol. The van der Waals surface area contributed by atoms with Crippen LogP contribution >= 0.6 is 15.9 Å². The Balaban J connectivity index is 2.29. The van der Waals surface area contributed by atoms with E-state index in [2.05, 4.69) is 26.0 Å². The predicted molar refractivity (Wildman–Crippen MR) is 94.0 cm³/mol. The summed E-state index contributed by atoms with van der Waals surface area (Å²) in [5.74, 6) is -0.305. The van der Waals surface area contributed by atoms with Crippen LogP contribution < -0.4 is 10.0 Å². The van der Waals surface area contributed by atoms with E-state index in [9.17, 15) is 13.2 Å². The molecule has 7 heteroatoms. The molecule has 0 bridgehead atoms. The summed E-state index contributed by atoms with van der Waals surface area (Å²) >= 11 is 3.27. The number of benzene rings is 2. The summed E-state index contributed by atoms with van der Waals surface area (Å²) in [5.41, 5.74) is 0.547. The van der Waals surface area contributed by atoms with Gasteiger partial charge in [0.2, 0.25) is 0 Å². The molecule has 122 valence electrons. The Kier molecular flexibility index (Phi) is 5.79. The van der Waals surface area contributed by atoms with Gasteiger partial charge in [-0.1, -0.05) is 35.0 Å². The normalized spacial score (nSPS) is 11.0. The quantitative estimate of drug-likeness (QED) is 0.785. The van der Waals surface area contributed by atoms with E-state index in [1.807, 2.05) is 6.92 Å². The summed E-state index contributed by atoms with van der Waals surface area (Å²) < 4.78 is 28.2. The lowest BCUT2D eigenvalue weighted by molar-refractivity contribution is 0.0954. The van der Waals surface area contributed by atoms with Gasteiger partial charge in [-0.15, -0.1) is 0 Å². The number of halogens is 1. The molecule has 0 fully saturated rings. The highest BCUT2D eigenvalue weighted by atomic mass is 79.9. The molecular weight excluding hydrogens is 380 g/mol. The standard InChI is InChI=1S/C16H17BrN2O3S/c1-2-11-18-16(20)14-5-3-4-6-15(14)19-23(21,22)13-9-7-12(17)8-10-13/h3-10,19H,2,11H2,1H3,(H,18,20). The summed E-state index contributed by atoms with van der Waals surface area (Å²) in [5, 5.41) is 2.74. The first-order valence-corrected chi connectivity index (χ1v) is 9.37. The molecule has 0 radical (unpaired) electrons. The van der Waals surface area contributed by atoms with Gasteiger partial charge in [0.05, 0.1) is 16.1 Å². The number of para-hydroxylation sites is 1. The molecular formula is C16H17BrN2O3S. The van der Waals surface area contributed by atoms with Crippen LogP contribution in [0.3, 0.4) is 0 Å². The first-order chi connectivity index (χ1) is 10.9. The van der Waals surface area contributed by atoms with Crippen LogP contribution in [0.1, 0.15) is 23.7 Å². The molecule has 0 heterocycles. The second kappa shape index (κ2) is 7.61. The minimum absolute atomic E-state index is 0.129. The van der Waals surface area contributed by atoms with E-state index >= 15 is 0 Å². The van der Waals surface area contributed by atoms with Crippen LogP contribution in [0.2, 0.25) is 0 Å². The van der Waals surface area contributed by atoms with Crippen LogP contribution in [-0.2, 0) is 10.0 Å². The molecule has 0 atom stereocenters. The molecule has 2 N–H and O–H groups in total. The number of hydrogen-bond donors (Lipinski definition) is 2. The van der Waals surface area contributed by atoms with Gasteiger partial charge >= 0.3 is 0 Å². The molecule has 23 heavy (non-hydrogen) atoms. The van der Waals surface area contributed by atoms with E-state index in [1.54, 1.807) is 36.4 Å². The molecule has 5 nitrogen and oxygen atoms in total. The van der Waals surface area contributed by atoms with E-state index in [4.69, 9.17) is 0 Å². The fraction of sp³-hybridized carbons (Fsp3) is 0.188. The number of anilines is 1. The minimum Gasteiger partial charge on any atom is -0.352 e. The molecule has 0 saturated heterocycles. The summed E-state index contributed by atoms with van der Waals surface area (Å²) in [4.78, 5) is 12.3. The SMILES string of the molecule is CCCNC(=O)c1ccccc1NS(=O)(=O)c1ccc(Br)cc1. The second-order valence-corrected chi connectivity index (χ2v) is 7.46. The van der Waals surface area contributed by atoms with E-state index in [0.717, 1.165) is 10.9 Å². The van der Waals surface area contributed by atoms with Crippen LogP contribution in [0.25, 0.3) is 0 Å². The maximum absolute atomic E-state index is 12.4. The Morgan fingerprint density at radius 3 is 2.39 bits per heavy atom. The van der Waals surface area contributed by atoms with Crippen molar-refractivity contribution in [2.24, 2.45) is 0 Å². The van der Waals surface area contributed by atoms with Crippen molar-refractivity contribution in [2.75, 3.05) is 11.3 Å². The Morgan fingerprint density at radius 2 is 1.74 bits per heavy atom. The topological polar surface area (TPSA) is 75.3 Å². The van der Waals surface area contributed by atoms with Crippen LogP contribution in [-0.4, -0.2) is 20.9 Å². The Labute approximate surface area is 144 Å². The second-order valence-electron chi connectivity index (χ2n) is 4.86. The number of carbonyl (C=O) groups excluding carboxylic acids is 1. The van der Waals surface area contributed by atoms with Gasteiger partial charge in [0.15, 0.2) is 0 Å². The maximum atomic E-state index is 12.4. The molecule has 0 saturated carbocycles. The van der Waals surface area contributed by atoms with Gasteiger partial charge in [-0.3, -0.25) is 9.52 Å². The third-order valence-corrected chi connectivity index (χ3v) is 4.99. The lowest BCUT2D eigenvalue weighted by atomic mass is 10.1. The number of sulfonamides is 1. The monoisotopic (exact) mass is 396 g/mol. The van der Waals surface area contributed by atoms with Gasteiger partial charge < -0.3 is 5.32 Å². The van der Waals surface area contributed by atoms with Crippen molar-refractivity contribution in [1.82, 2.24) is 5.32 Å². The minimum atomic E-state index is -3.76. The molecule has 2 aromatic carbocycles. The van der Waals surface area contributed by atoms with Crippen molar-refractivity contribution in [3.8, 4) is 0 Å². The van der Waals surface area contributed by atoms with Crippen molar-refractivity contribution in [3.05, 3.63) is 58.6 Å².